The number of nitrogens with one attached hydrogen (secondary N) is 1. The third kappa shape index (κ3) is 1.87. The Hall–Kier alpha value is -1.51. The van der Waals surface area contributed by atoms with Crippen LogP contribution in [0.1, 0.15) is 12.5 Å². The van der Waals surface area contributed by atoms with Gasteiger partial charge in [0.2, 0.25) is 5.91 Å². The van der Waals surface area contributed by atoms with Crippen LogP contribution >= 0.6 is 0 Å². The number of ether oxygens (including phenoxy) is 1. The number of para-hydroxylation sites is 1. The van der Waals surface area contributed by atoms with E-state index in [-0.39, 0.29) is 12.0 Å². The standard InChI is InChI=1S/C11H13NO2/c1-8(13)12-7-10-6-9-4-2-3-5-11(9)14-10/h2-5,10H,6-7H2,1H3,(H,12,13). The van der Waals surface area contributed by atoms with Crippen LogP contribution in [0.3, 0.4) is 0 Å². The van der Waals surface area contributed by atoms with Crippen LogP contribution in [0.5, 0.6) is 5.75 Å². The Balaban J connectivity index is 1.95. The molecule has 1 unspecified atom stereocenters. The molecule has 1 aliphatic heterocycles. The van der Waals surface area contributed by atoms with Gasteiger partial charge >= 0.3 is 0 Å². The smallest absolute Gasteiger partial charge is 0.217 e. The van der Waals surface area contributed by atoms with E-state index in [1.54, 1.807) is 0 Å². The number of fused-ring (bicyclic) bond motifs is 1. The molecule has 1 amide bonds. The lowest BCUT2D eigenvalue weighted by molar-refractivity contribution is -0.119. The van der Waals surface area contributed by atoms with Gasteiger partial charge < -0.3 is 10.1 Å². The molecule has 0 spiro atoms. The highest BCUT2D eigenvalue weighted by molar-refractivity contribution is 5.72. The van der Waals surface area contributed by atoms with Crippen molar-refractivity contribution in [3.05, 3.63) is 29.8 Å². The highest BCUT2D eigenvalue weighted by atomic mass is 16.5. The first kappa shape index (κ1) is 9.06. The molecular formula is C11H13NO2. The number of hydrogen-bond donors (Lipinski definition) is 1. The molecule has 3 nitrogen and oxygen atoms in total. The molecule has 1 N–H and O–H groups in total. The van der Waals surface area contributed by atoms with E-state index in [1.807, 2.05) is 18.2 Å². The minimum atomic E-state index is -0.00967. The predicted octanol–water partition coefficient (Wildman–Crippen LogP) is 1.13. The summed E-state index contributed by atoms with van der Waals surface area (Å²) in [5.74, 6) is 0.937. The van der Waals surface area contributed by atoms with Crippen molar-refractivity contribution in [3.8, 4) is 5.75 Å². The van der Waals surface area contributed by atoms with Crippen LogP contribution in [0.25, 0.3) is 0 Å². The number of carbonyl (C=O) groups excluding carboxylic acids is 1. The summed E-state index contributed by atoms with van der Waals surface area (Å²) in [6, 6.07) is 7.98. The van der Waals surface area contributed by atoms with Gasteiger partial charge in [-0.25, -0.2) is 0 Å². The fourth-order valence-corrected chi connectivity index (χ4v) is 1.63. The molecule has 14 heavy (non-hydrogen) atoms. The molecule has 1 aliphatic rings. The fraction of sp³-hybridized carbons (Fsp3) is 0.364. The molecule has 0 saturated heterocycles. The summed E-state index contributed by atoms with van der Waals surface area (Å²) in [4.78, 5) is 10.7. The van der Waals surface area contributed by atoms with Crippen molar-refractivity contribution >= 4 is 5.91 Å². The zero-order valence-corrected chi connectivity index (χ0v) is 8.12. The van der Waals surface area contributed by atoms with Crippen LogP contribution in [-0.4, -0.2) is 18.6 Å². The van der Waals surface area contributed by atoms with Gasteiger partial charge in [-0.1, -0.05) is 18.2 Å². The number of carbonyl (C=O) groups is 1. The third-order valence-corrected chi connectivity index (χ3v) is 2.29. The maximum atomic E-state index is 10.7. The van der Waals surface area contributed by atoms with Gasteiger partial charge in [0.25, 0.3) is 0 Å². The first-order valence-corrected chi connectivity index (χ1v) is 4.74. The van der Waals surface area contributed by atoms with Crippen LogP contribution in [0, 0.1) is 0 Å². The number of rotatable bonds is 2. The summed E-state index contributed by atoms with van der Waals surface area (Å²) in [5.41, 5.74) is 1.22. The average Bonchev–Trinajstić information content (AvgIpc) is 2.57. The van der Waals surface area contributed by atoms with Crippen molar-refractivity contribution in [2.75, 3.05) is 6.54 Å². The second kappa shape index (κ2) is 3.70. The number of amides is 1. The molecule has 0 aliphatic carbocycles. The van der Waals surface area contributed by atoms with E-state index < -0.39 is 0 Å². The normalized spacial score (nSPS) is 18.5. The van der Waals surface area contributed by atoms with Crippen LogP contribution in [0.4, 0.5) is 0 Å². The third-order valence-electron chi connectivity index (χ3n) is 2.29. The fourth-order valence-electron chi connectivity index (χ4n) is 1.63. The minimum Gasteiger partial charge on any atom is -0.488 e. The Labute approximate surface area is 83.1 Å². The lowest BCUT2D eigenvalue weighted by atomic mass is 10.1. The van der Waals surface area contributed by atoms with Gasteiger partial charge in [-0.15, -0.1) is 0 Å². The molecule has 0 fully saturated rings. The van der Waals surface area contributed by atoms with E-state index in [0.717, 1.165) is 12.2 Å². The lowest BCUT2D eigenvalue weighted by Crippen LogP contribution is -2.32. The molecule has 2 rings (SSSR count). The van der Waals surface area contributed by atoms with Crippen LogP contribution in [-0.2, 0) is 11.2 Å². The minimum absolute atomic E-state index is 0.00967. The van der Waals surface area contributed by atoms with Crippen molar-refractivity contribution < 1.29 is 9.53 Å². The van der Waals surface area contributed by atoms with Crippen molar-refractivity contribution in [1.29, 1.82) is 0 Å². The molecule has 0 aromatic heterocycles. The van der Waals surface area contributed by atoms with Gasteiger partial charge in [0.1, 0.15) is 11.9 Å². The summed E-state index contributed by atoms with van der Waals surface area (Å²) in [6.07, 6.45) is 0.979. The molecule has 0 bridgehead atoms. The largest absolute Gasteiger partial charge is 0.488 e. The van der Waals surface area contributed by atoms with Gasteiger partial charge in [-0.05, 0) is 11.6 Å². The molecule has 0 radical (unpaired) electrons. The monoisotopic (exact) mass is 191 g/mol. The zero-order valence-electron chi connectivity index (χ0n) is 8.12. The maximum absolute atomic E-state index is 10.7. The van der Waals surface area contributed by atoms with E-state index in [9.17, 15) is 4.79 Å². The molecule has 1 aromatic rings. The molecular weight excluding hydrogens is 178 g/mol. The highest BCUT2D eigenvalue weighted by Gasteiger charge is 2.21. The lowest BCUT2D eigenvalue weighted by Gasteiger charge is -2.10. The quantitative estimate of drug-likeness (QED) is 0.761. The first-order chi connectivity index (χ1) is 6.75. The van der Waals surface area contributed by atoms with Crippen molar-refractivity contribution in [1.82, 2.24) is 5.32 Å². The van der Waals surface area contributed by atoms with Gasteiger partial charge in [0, 0.05) is 13.3 Å². The summed E-state index contributed by atoms with van der Waals surface area (Å²) < 4.78 is 5.64. The van der Waals surface area contributed by atoms with Crippen LogP contribution in [0.2, 0.25) is 0 Å². The summed E-state index contributed by atoms with van der Waals surface area (Å²) in [5, 5.41) is 2.76. The molecule has 74 valence electrons. The SMILES string of the molecule is CC(=O)NCC1Cc2ccccc2O1. The molecule has 0 saturated carbocycles. The van der Waals surface area contributed by atoms with Crippen LogP contribution < -0.4 is 10.1 Å². The average molecular weight is 191 g/mol. The summed E-state index contributed by atoms with van der Waals surface area (Å²) in [7, 11) is 0. The van der Waals surface area contributed by atoms with E-state index in [1.165, 1.54) is 12.5 Å². The molecule has 1 heterocycles. The second-order valence-electron chi connectivity index (χ2n) is 3.49. The Morgan fingerprint density at radius 3 is 3.07 bits per heavy atom. The van der Waals surface area contributed by atoms with E-state index in [2.05, 4.69) is 11.4 Å². The predicted molar refractivity (Wildman–Crippen MR) is 53.2 cm³/mol. The number of benzene rings is 1. The maximum Gasteiger partial charge on any atom is 0.217 e. The summed E-state index contributed by atoms with van der Waals surface area (Å²) in [6.45, 7) is 2.10. The number of hydrogen-bond acceptors (Lipinski definition) is 2. The van der Waals surface area contributed by atoms with E-state index in [0.29, 0.717) is 6.54 Å². The van der Waals surface area contributed by atoms with Crippen molar-refractivity contribution in [3.63, 3.8) is 0 Å². The van der Waals surface area contributed by atoms with E-state index >= 15 is 0 Å². The summed E-state index contributed by atoms with van der Waals surface area (Å²) >= 11 is 0. The molecule has 1 aromatic carbocycles. The Morgan fingerprint density at radius 1 is 1.57 bits per heavy atom. The highest BCUT2D eigenvalue weighted by Crippen LogP contribution is 2.27. The molecule has 1 atom stereocenters. The Bertz CT molecular complexity index is 324. The Kier molecular flexibility index (Phi) is 2.39. The second-order valence-corrected chi connectivity index (χ2v) is 3.49. The van der Waals surface area contributed by atoms with Crippen molar-refractivity contribution in [2.45, 2.75) is 19.4 Å². The topological polar surface area (TPSA) is 38.3 Å². The zero-order chi connectivity index (χ0) is 9.97. The van der Waals surface area contributed by atoms with Gasteiger partial charge in [0.05, 0.1) is 6.54 Å². The van der Waals surface area contributed by atoms with Gasteiger partial charge in [0.15, 0.2) is 0 Å². The van der Waals surface area contributed by atoms with Gasteiger partial charge in [-0.2, -0.15) is 0 Å². The first-order valence-electron chi connectivity index (χ1n) is 4.74. The Morgan fingerprint density at radius 2 is 2.36 bits per heavy atom. The van der Waals surface area contributed by atoms with E-state index in [4.69, 9.17) is 4.74 Å². The van der Waals surface area contributed by atoms with Crippen LogP contribution in [0.15, 0.2) is 24.3 Å². The van der Waals surface area contributed by atoms with Crippen molar-refractivity contribution in [2.24, 2.45) is 0 Å². The van der Waals surface area contributed by atoms with Gasteiger partial charge in [-0.3, -0.25) is 4.79 Å². The molecule has 3 heteroatoms.